The molecule has 6 heteroatoms. The Morgan fingerprint density at radius 2 is 2.18 bits per heavy atom. The molecule has 1 aliphatic rings. The predicted octanol–water partition coefficient (Wildman–Crippen LogP) is 1.96. The first kappa shape index (κ1) is 14.3. The molecule has 0 aliphatic carbocycles. The summed E-state index contributed by atoms with van der Waals surface area (Å²) in [4.78, 5) is 21.3. The molecule has 0 bridgehead atoms. The van der Waals surface area contributed by atoms with E-state index in [9.17, 15) is 4.79 Å². The molecule has 2 aromatic rings. The number of hydrogen-bond acceptors (Lipinski definition) is 4. The second-order valence-corrected chi connectivity index (χ2v) is 5.47. The summed E-state index contributed by atoms with van der Waals surface area (Å²) >= 11 is 0. The molecule has 0 radical (unpaired) electrons. The molecule has 22 heavy (non-hydrogen) atoms. The van der Waals surface area contributed by atoms with Crippen LogP contribution in [-0.4, -0.2) is 40.5 Å². The normalized spacial score (nSPS) is 17.5. The van der Waals surface area contributed by atoms with Gasteiger partial charge in [0, 0.05) is 31.4 Å². The number of carbonyl (C=O) groups is 1. The molecule has 1 aliphatic heterocycles. The van der Waals surface area contributed by atoms with Crippen molar-refractivity contribution in [1.29, 1.82) is 0 Å². The Kier molecular flexibility index (Phi) is 4.18. The summed E-state index contributed by atoms with van der Waals surface area (Å²) in [5, 5.41) is 3.38. The third-order valence-corrected chi connectivity index (χ3v) is 3.95. The van der Waals surface area contributed by atoms with Gasteiger partial charge in [-0.25, -0.2) is 14.8 Å². The number of primary amides is 1. The van der Waals surface area contributed by atoms with Crippen molar-refractivity contribution in [2.24, 2.45) is 11.7 Å². The molecule has 1 saturated heterocycles. The van der Waals surface area contributed by atoms with Crippen LogP contribution in [-0.2, 0) is 0 Å². The fraction of sp³-hybridized carbons (Fsp3) is 0.312. The van der Waals surface area contributed by atoms with Crippen LogP contribution in [0.25, 0.3) is 11.1 Å². The molecule has 2 heterocycles. The van der Waals surface area contributed by atoms with Gasteiger partial charge in [0.25, 0.3) is 0 Å². The molecule has 1 atom stereocenters. The van der Waals surface area contributed by atoms with Gasteiger partial charge < -0.3 is 16.0 Å². The quantitative estimate of drug-likeness (QED) is 0.903. The number of benzene rings is 1. The van der Waals surface area contributed by atoms with Gasteiger partial charge in [-0.1, -0.05) is 30.3 Å². The van der Waals surface area contributed by atoms with Gasteiger partial charge in [-0.3, -0.25) is 0 Å². The van der Waals surface area contributed by atoms with Crippen molar-refractivity contribution in [3.05, 3.63) is 42.9 Å². The fourth-order valence-electron chi connectivity index (χ4n) is 2.74. The van der Waals surface area contributed by atoms with E-state index in [-0.39, 0.29) is 6.03 Å². The molecule has 1 unspecified atom stereocenters. The van der Waals surface area contributed by atoms with Gasteiger partial charge in [-0.05, 0) is 17.9 Å². The number of nitrogens with zero attached hydrogens (tertiary/aromatic N) is 3. The molecular weight excluding hydrogens is 278 g/mol. The molecule has 114 valence electrons. The minimum Gasteiger partial charge on any atom is -0.369 e. The van der Waals surface area contributed by atoms with Gasteiger partial charge >= 0.3 is 6.03 Å². The SMILES string of the molecule is NC(=O)N1CCC(CNc2ncncc2-c2ccccc2)C1. The van der Waals surface area contributed by atoms with E-state index in [1.165, 1.54) is 0 Å². The Balaban J connectivity index is 1.68. The Morgan fingerprint density at radius 1 is 1.36 bits per heavy atom. The summed E-state index contributed by atoms with van der Waals surface area (Å²) in [5.41, 5.74) is 7.37. The van der Waals surface area contributed by atoms with Gasteiger partial charge in [0.15, 0.2) is 0 Å². The number of carbonyl (C=O) groups excluding carboxylic acids is 1. The lowest BCUT2D eigenvalue weighted by Crippen LogP contribution is -2.34. The first-order chi connectivity index (χ1) is 10.7. The van der Waals surface area contributed by atoms with E-state index in [4.69, 9.17) is 5.73 Å². The summed E-state index contributed by atoms with van der Waals surface area (Å²) in [6.45, 7) is 2.20. The Hall–Kier alpha value is -2.63. The molecule has 1 aromatic heterocycles. The first-order valence-electron chi connectivity index (χ1n) is 7.37. The number of nitrogens with one attached hydrogen (secondary N) is 1. The van der Waals surface area contributed by atoms with E-state index in [0.29, 0.717) is 12.5 Å². The average Bonchev–Trinajstić information content (AvgIpc) is 3.03. The van der Waals surface area contributed by atoms with Crippen LogP contribution in [0.1, 0.15) is 6.42 Å². The van der Waals surface area contributed by atoms with Crippen molar-refractivity contribution in [3.63, 3.8) is 0 Å². The lowest BCUT2D eigenvalue weighted by atomic mass is 10.1. The van der Waals surface area contributed by atoms with Crippen LogP contribution in [0, 0.1) is 5.92 Å². The van der Waals surface area contributed by atoms with Crippen LogP contribution in [0.3, 0.4) is 0 Å². The third kappa shape index (κ3) is 3.16. The topological polar surface area (TPSA) is 84.1 Å². The van der Waals surface area contributed by atoms with E-state index in [0.717, 1.165) is 36.5 Å². The van der Waals surface area contributed by atoms with Crippen LogP contribution >= 0.6 is 0 Å². The Labute approximate surface area is 129 Å². The van der Waals surface area contributed by atoms with Gasteiger partial charge in [-0.2, -0.15) is 0 Å². The lowest BCUT2D eigenvalue weighted by Gasteiger charge is -2.15. The molecule has 3 N–H and O–H groups in total. The van der Waals surface area contributed by atoms with Crippen molar-refractivity contribution in [2.75, 3.05) is 25.0 Å². The highest BCUT2D eigenvalue weighted by atomic mass is 16.2. The molecule has 1 aromatic carbocycles. The zero-order valence-electron chi connectivity index (χ0n) is 12.3. The molecular formula is C16H19N5O. The number of hydrogen-bond donors (Lipinski definition) is 2. The Morgan fingerprint density at radius 3 is 2.91 bits per heavy atom. The second-order valence-electron chi connectivity index (χ2n) is 5.47. The molecule has 6 nitrogen and oxygen atoms in total. The third-order valence-electron chi connectivity index (χ3n) is 3.95. The smallest absolute Gasteiger partial charge is 0.314 e. The Bertz CT molecular complexity index is 646. The van der Waals surface area contributed by atoms with Crippen LogP contribution in [0.2, 0.25) is 0 Å². The van der Waals surface area contributed by atoms with E-state index in [2.05, 4.69) is 15.3 Å². The van der Waals surface area contributed by atoms with Crippen LogP contribution in [0.5, 0.6) is 0 Å². The van der Waals surface area contributed by atoms with E-state index < -0.39 is 0 Å². The van der Waals surface area contributed by atoms with Gasteiger partial charge in [0.1, 0.15) is 12.1 Å². The average molecular weight is 297 g/mol. The van der Waals surface area contributed by atoms with Crippen molar-refractivity contribution in [3.8, 4) is 11.1 Å². The van der Waals surface area contributed by atoms with Crippen molar-refractivity contribution < 1.29 is 4.79 Å². The monoisotopic (exact) mass is 297 g/mol. The number of rotatable bonds is 4. The van der Waals surface area contributed by atoms with Gasteiger partial charge in [0.2, 0.25) is 0 Å². The maximum Gasteiger partial charge on any atom is 0.314 e. The highest BCUT2D eigenvalue weighted by Crippen LogP contribution is 2.25. The molecule has 2 amide bonds. The summed E-state index contributed by atoms with van der Waals surface area (Å²) in [6.07, 6.45) is 4.32. The first-order valence-corrected chi connectivity index (χ1v) is 7.37. The molecule has 0 saturated carbocycles. The highest BCUT2D eigenvalue weighted by Gasteiger charge is 2.24. The van der Waals surface area contributed by atoms with Crippen LogP contribution in [0.4, 0.5) is 10.6 Å². The minimum atomic E-state index is -0.338. The number of likely N-dealkylation sites (tertiary alicyclic amines) is 1. The summed E-state index contributed by atoms with van der Waals surface area (Å²) in [6, 6.07) is 9.70. The fourth-order valence-corrected chi connectivity index (χ4v) is 2.74. The van der Waals surface area contributed by atoms with Gasteiger partial charge in [0.05, 0.1) is 0 Å². The molecule has 0 spiro atoms. The van der Waals surface area contributed by atoms with Crippen molar-refractivity contribution in [1.82, 2.24) is 14.9 Å². The molecule has 3 rings (SSSR count). The van der Waals surface area contributed by atoms with E-state index >= 15 is 0 Å². The molecule has 1 fully saturated rings. The standard InChI is InChI=1S/C16H19N5O/c17-16(22)21-7-6-12(10-21)8-19-15-14(9-18-11-20-15)13-4-2-1-3-5-13/h1-5,9,11-12H,6-8,10H2,(H2,17,22)(H,18,19,20). The lowest BCUT2D eigenvalue weighted by molar-refractivity contribution is 0.217. The number of aromatic nitrogens is 2. The van der Waals surface area contributed by atoms with E-state index in [1.54, 1.807) is 11.2 Å². The number of nitrogens with two attached hydrogens (primary N) is 1. The number of anilines is 1. The van der Waals surface area contributed by atoms with Gasteiger partial charge in [-0.15, -0.1) is 0 Å². The van der Waals surface area contributed by atoms with Crippen molar-refractivity contribution >= 4 is 11.8 Å². The van der Waals surface area contributed by atoms with E-state index in [1.807, 2.05) is 36.5 Å². The maximum absolute atomic E-state index is 11.2. The summed E-state index contributed by atoms with van der Waals surface area (Å²) in [5.74, 6) is 1.21. The zero-order chi connectivity index (χ0) is 15.4. The number of urea groups is 1. The highest BCUT2D eigenvalue weighted by molar-refractivity contribution is 5.74. The maximum atomic E-state index is 11.2. The minimum absolute atomic E-state index is 0.338. The summed E-state index contributed by atoms with van der Waals surface area (Å²) in [7, 11) is 0. The zero-order valence-corrected chi connectivity index (χ0v) is 12.3. The predicted molar refractivity (Wildman–Crippen MR) is 85.2 cm³/mol. The largest absolute Gasteiger partial charge is 0.369 e. The summed E-state index contributed by atoms with van der Waals surface area (Å²) < 4.78 is 0. The van der Waals surface area contributed by atoms with Crippen LogP contribution < -0.4 is 11.1 Å². The van der Waals surface area contributed by atoms with Crippen LogP contribution in [0.15, 0.2) is 42.9 Å². The van der Waals surface area contributed by atoms with Crippen molar-refractivity contribution in [2.45, 2.75) is 6.42 Å². The number of amides is 2. The second kappa shape index (κ2) is 6.43.